The van der Waals surface area contributed by atoms with Gasteiger partial charge in [-0.3, -0.25) is 9.09 Å². The van der Waals surface area contributed by atoms with Crippen LogP contribution in [0.4, 0.5) is 0 Å². The molecule has 0 aliphatic heterocycles. The summed E-state index contributed by atoms with van der Waals surface area (Å²) in [6.07, 6.45) is -0.455. The van der Waals surface area contributed by atoms with Crippen LogP contribution >= 0.6 is 7.37 Å². The summed E-state index contributed by atoms with van der Waals surface area (Å²) >= 11 is 0. The molecule has 0 radical (unpaired) electrons. The van der Waals surface area contributed by atoms with E-state index in [1.165, 1.54) is 6.66 Å². The Kier molecular flexibility index (Phi) is 4.42. The van der Waals surface area contributed by atoms with Gasteiger partial charge >= 0.3 is 0 Å². The van der Waals surface area contributed by atoms with Gasteiger partial charge in [-0.05, 0) is 20.8 Å². The SMILES string of the molecule is CCOC(C)(C)OP(C)(=O)CO. The lowest BCUT2D eigenvalue weighted by Gasteiger charge is -2.27. The molecule has 0 saturated carbocycles. The molecule has 0 fully saturated rings. The van der Waals surface area contributed by atoms with Gasteiger partial charge in [-0.15, -0.1) is 0 Å². The Morgan fingerprint density at radius 1 is 1.50 bits per heavy atom. The Bertz CT molecular complexity index is 178. The van der Waals surface area contributed by atoms with Gasteiger partial charge in [0, 0.05) is 13.3 Å². The Morgan fingerprint density at radius 3 is 2.33 bits per heavy atom. The van der Waals surface area contributed by atoms with Crippen molar-refractivity contribution in [3.05, 3.63) is 0 Å². The number of aliphatic hydroxyl groups is 1. The van der Waals surface area contributed by atoms with Crippen LogP contribution in [-0.2, 0) is 13.8 Å². The van der Waals surface area contributed by atoms with Gasteiger partial charge in [0.15, 0.2) is 5.79 Å². The summed E-state index contributed by atoms with van der Waals surface area (Å²) in [6.45, 7) is 7.03. The van der Waals surface area contributed by atoms with E-state index in [4.69, 9.17) is 14.4 Å². The lowest BCUT2D eigenvalue weighted by molar-refractivity contribution is -0.151. The Morgan fingerprint density at radius 2 is 2.00 bits per heavy atom. The van der Waals surface area contributed by atoms with Crippen LogP contribution in [0.3, 0.4) is 0 Å². The van der Waals surface area contributed by atoms with Crippen molar-refractivity contribution in [2.45, 2.75) is 26.6 Å². The highest BCUT2D eigenvalue weighted by molar-refractivity contribution is 7.57. The minimum absolute atomic E-state index is 0.455. The molecule has 0 rings (SSSR count). The molecule has 0 saturated heterocycles. The first-order valence-corrected chi connectivity index (χ1v) is 6.11. The van der Waals surface area contributed by atoms with Gasteiger partial charge < -0.3 is 9.84 Å². The van der Waals surface area contributed by atoms with Crippen LogP contribution in [-0.4, -0.2) is 30.5 Å². The zero-order valence-corrected chi connectivity index (χ0v) is 8.93. The maximum Gasteiger partial charge on any atom is 0.227 e. The van der Waals surface area contributed by atoms with Crippen LogP contribution < -0.4 is 0 Å². The second kappa shape index (κ2) is 4.38. The Balaban J connectivity index is 4.14. The summed E-state index contributed by atoms with van der Waals surface area (Å²) in [5, 5.41) is 8.68. The average Bonchev–Trinajstić information content (AvgIpc) is 1.85. The van der Waals surface area contributed by atoms with E-state index < -0.39 is 19.5 Å². The van der Waals surface area contributed by atoms with E-state index in [0.29, 0.717) is 6.61 Å². The summed E-state index contributed by atoms with van der Waals surface area (Å²) in [5.74, 6) is -0.887. The number of ether oxygens (including phenoxy) is 1. The smallest absolute Gasteiger partial charge is 0.227 e. The van der Waals surface area contributed by atoms with Crippen LogP contribution in [0.2, 0.25) is 0 Å². The molecule has 0 heterocycles. The highest BCUT2D eigenvalue weighted by Gasteiger charge is 2.27. The zero-order valence-electron chi connectivity index (χ0n) is 8.03. The molecule has 4 nitrogen and oxygen atoms in total. The van der Waals surface area contributed by atoms with Crippen LogP contribution in [0, 0.1) is 0 Å². The first-order valence-electron chi connectivity index (χ1n) is 3.85. The van der Waals surface area contributed by atoms with Crippen molar-refractivity contribution < 1.29 is 18.9 Å². The molecule has 0 aliphatic carbocycles. The molecular weight excluding hydrogens is 179 g/mol. The second-order valence-corrected chi connectivity index (χ2v) is 5.57. The topological polar surface area (TPSA) is 55.8 Å². The molecule has 0 bridgehead atoms. The third-order valence-electron chi connectivity index (χ3n) is 1.16. The molecule has 0 amide bonds. The Hall–Kier alpha value is 0.110. The first kappa shape index (κ1) is 12.1. The van der Waals surface area contributed by atoms with Gasteiger partial charge in [0.1, 0.15) is 6.35 Å². The predicted octanol–water partition coefficient (Wildman–Crippen LogP) is 1.63. The van der Waals surface area contributed by atoms with Crippen molar-refractivity contribution in [1.82, 2.24) is 0 Å². The van der Waals surface area contributed by atoms with Crippen LogP contribution in [0.15, 0.2) is 0 Å². The number of rotatable bonds is 5. The largest absolute Gasteiger partial charge is 0.386 e. The highest BCUT2D eigenvalue weighted by atomic mass is 31.2. The molecular formula is C7H17O4P. The Labute approximate surface area is 73.3 Å². The fraction of sp³-hybridized carbons (Fsp3) is 1.00. The van der Waals surface area contributed by atoms with Crippen molar-refractivity contribution in [2.24, 2.45) is 0 Å². The highest BCUT2D eigenvalue weighted by Crippen LogP contribution is 2.45. The lowest BCUT2D eigenvalue weighted by Crippen LogP contribution is -2.27. The maximum absolute atomic E-state index is 11.3. The summed E-state index contributed by atoms with van der Waals surface area (Å²) in [7, 11) is -2.89. The number of hydrogen-bond donors (Lipinski definition) is 1. The molecule has 1 atom stereocenters. The van der Waals surface area contributed by atoms with Gasteiger partial charge in [0.25, 0.3) is 0 Å². The predicted molar refractivity (Wildman–Crippen MR) is 47.4 cm³/mol. The van der Waals surface area contributed by atoms with Crippen LogP contribution in [0.1, 0.15) is 20.8 Å². The maximum atomic E-state index is 11.3. The van der Waals surface area contributed by atoms with Crippen molar-refractivity contribution in [3.8, 4) is 0 Å². The molecule has 74 valence electrons. The molecule has 12 heavy (non-hydrogen) atoms. The van der Waals surface area contributed by atoms with Crippen molar-refractivity contribution in [2.75, 3.05) is 19.6 Å². The van der Waals surface area contributed by atoms with E-state index in [-0.39, 0.29) is 0 Å². The fourth-order valence-electron chi connectivity index (χ4n) is 0.868. The molecule has 0 aromatic rings. The molecule has 5 heteroatoms. The molecule has 1 N–H and O–H groups in total. The average molecular weight is 196 g/mol. The van der Waals surface area contributed by atoms with Gasteiger partial charge in [-0.2, -0.15) is 0 Å². The van der Waals surface area contributed by atoms with Crippen molar-refractivity contribution in [1.29, 1.82) is 0 Å². The van der Waals surface area contributed by atoms with Crippen LogP contribution in [0.5, 0.6) is 0 Å². The minimum atomic E-state index is -2.89. The van der Waals surface area contributed by atoms with Crippen LogP contribution in [0.25, 0.3) is 0 Å². The normalized spacial score (nSPS) is 17.4. The van der Waals surface area contributed by atoms with E-state index in [1.807, 2.05) is 6.92 Å². The van der Waals surface area contributed by atoms with E-state index in [1.54, 1.807) is 13.8 Å². The number of hydrogen-bond acceptors (Lipinski definition) is 4. The second-order valence-electron chi connectivity index (χ2n) is 3.08. The summed E-state index contributed by atoms with van der Waals surface area (Å²) in [6, 6.07) is 0. The fourth-order valence-corrected chi connectivity index (χ4v) is 1.91. The van der Waals surface area contributed by atoms with Gasteiger partial charge in [0.05, 0.1) is 0 Å². The van der Waals surface area contributed by atoms with E-state index in [9.17, 15) is 4.57 Å². The lowest BCUT2D eigenvalue weighted by atomic mass is 10.4. The van der Waals surface area contributed by atoms with Crippen molar-refractivity contribution >= 4 is 7.37 Å². The molecule has 0 aliphatic rings. The molecule has 0 spiro atoms. The zero-order chi connectivity index (χ0) is 9.83. The molecule has 1 unspecified atom stereocenters. The minimum Gasteiger partial charge on any atom is -0.386 e. The van der Waals surface area contributed by atoms with Gasteiger partial charge in [-0.25, -0.2) is 0 Å². The third-order valence-corrected chi connectivity index (χ3v) is 2.50. The molecule has 0 aromatic heterocycles. The summed E-state index contributed by atoms with van der Waals surface area (Å²) < 4.78 is 21.6. The molecule has 0 aromatic carbocycles. The quantitative estimate of drug-likeness (QED) is 0.536. The monoisotopic (exact) mass is 196 g/mol. The summed E-state index contributed by atoms with van der Waals surface area (Å²) in [5.41, 5.74) is 0. The van der Waals surface area contributed by atoms with Gasteiger partial charge in [-0.1, -0.05) is 0 Å². The van der Waals surface area contributed by atoms with E-state index in [2.05, 4.69) is 0 Å². The van der Waals surface area contributed by atoms with E-state index >= 15 is 0 Å². The number of aliphatic hydroxyl groups excluding tert-OH is 1. The van der Waals surface area contributed by atoms with Gasteiger partial charge in [0.2, 0.25) is 7.37 Å². The van der Waals surface area contributed by atoms with Crippen molar-refractivity contribution in [3.63, 3.8) is 0 Å². The third kappa shape index (κ3) is 4.88. The van der Waals surface area contributed by atoms with E-state index in [0.717, 1.165) is 0 Å². The first-order chi connectivity index (χ1) is 5.33. The standard InChI is InChI=1S/C7H17O4P/c1-5-10-7(2,3)11-12(4,9)6-8/h8H,5-6H2,1-4H3. The summed E-state index contributed by atoms with van der Waals surface area (Å²) in [4.78, 5) is 0.